The monoisotopic (exact) mass is 316 g/mol. The van der Waals surface area contributed by atoms with Gasteiger partial charge < -0.3 is 5.32 Å². The minimum Gasteiger partial charge on any atom is -0.335 e. The fraction of sp³-hybridized carbons (Fsp3) is 0.417. The summed E-state index contributed by atoms with van der Waals surface area (Å²) in [6.07, 6.45) is 0. The Morgan fingerprint density at radius 1 is 1.47 bits per heavy atom. The van der Waals surface area contributed by atoms with E-state index in [-0.39, 0.29) is 11.2 Å². The lowest BCUT2D eigenvalue weighted by Gasteiger charge is -2.27. The molecule has 1 heterocycles. The highest BCUT2D eigenvalue weighted by molar-refractivity contribution is 9.10. The highest BCUT2D eigenvalue weighted by Gasteiger charge is 2.23. The third-order valence-electron chi connectivity index (χ3n) is 2.42. The van der Waals surface area contributed by atoms with E-state index >= 15 is 0 Å². The van der Waals surface area contributed by atoms with Crippen molar-refractivity contribution >= 4 is 38.5 Å². The molecule has 17 heavy (non-hydrogen) atoms. The van der Waals surface area contributed by atoms with Crippen molar-refractivity contribution in [3.63, 3.8) is 0 Å². The van der Waals surface area contributed by atoms with Gasteiger partial charge >= 0.3 is 0 Å². The molecule has 0 aromatic heterocycles. The maximum Gasteiger partial charge on any atom is 0.161 e. The first-order chi connectivity index (χ1) is 7.96. The minimum absolute atomic E-state index is 0.251. The molecular weight excluding hydrogens is 303 g/mol. The molecule has 0 spiro atoms. The van der Waals surface area contributed by atoms with Crippen molar-refractivity contribution in [3.8, 4) is 0 Å². The first-order valence-corrected chi connectivity index (χ1v) is 7.13. The summed E-state index contributed by atoms with van der Waals surface area (Å²) in [5.41, 5.74) is 0.984. The number of amidine groups is 1. The molecule has 1 aromatic rings. The standard InChI is InChI=1S/C12H14BrFN2S/c1-12(2)6-15-11(17-7-12)16-8-3-4-9(13)10(14)5-8/h3-5H,6-7H2,1-2H3,(H,15,16). The summed E-state index contributed by atoms with van der Waals surface area (Å²) in [5, 5.41) is 4.01. The second-order valence-corrected chi connectivity index (χ2v) is 6.65. The topological polar surface area (TPSA) is 24.4 Å². The Balaban J connectivity index is 2.07. The molecule has 0 saturated carbocycles. The number of benzene rings is 1. The Hall–Kier alpha value is -0.550. The van der Waals surface area contributed by atoms with Gasteiger partial charge in [0.15, 0.2) is 5.17 Å². The summed E-state index contributed by atoms with van der Waals surface area (Å²) < 4.78 is 13.8. The van der Waals surface area contributed by atoms with Gasteiger partial charge in [-0.25, -0.2) is 4.39 Å². The van der Waals surface area contributed by atoms with Crippen LogP contribution in [0, 0.1) is 11.2 Å². The van der Waals surface area contributed by atoms with Crippen LogP contribution in [0.1, 0.15) is 13.8 Å². The minimum atomic E-state index is -0.267. The molecule has 2 nitrogen and oxygen atoms in total. The lowest BCUT2D eigenvalue weighted by atomic mass is 9.97. The third kappa shape index (κ3) is 3.45. The van der Waals surface area contributed by atoms with Crippen LogP contribution >= 0.6 is 27.7 Å². The fourth-order valence-electron chi connectivity index (χ4n) is 1.41. The van der Waals surface area contributed by atoms with E-state index in [2.05, 4.69) is 40.1 Å². The summed E-state index contributed by atoms with van der Waals surface area (Å²) >= 11 is 4.81. The lowest BCUT2D eigenvalue weighted by Crippen LogP contribution is -2.27. The zero-order chi connectivity index (χ0) is 12.5. The maximum atomic E-state index is 13.3. The molecule has 92 valence electrons. The number of aliphatic imine (C=N–C) groups is 1. The smallest absolute Gasteiger partial charge is 0.161 e. The van der Waals surface area contributed by atoms with Crippen molar-refractivity contribution in [1.82, 2.24) is 0 Å². The van der Waals surface area contributed by atoms with E-state index in [1.165, 1.54) is 6.07 Å². The SMILES string of the molecule is CC1(C)CN=C(Nc2ccc(Br)c(F)c2)SC1. The normalized spacial score (nSPS) is 18.7. The molecule has 2 rings (SSSR count). The van der Waals surface area contributed by atoms with Gasteiger partial charge in [-0.1, -0.05) is 25.6 Å². The fourth-order valence-corrected chi connectivity index (χ4v) is 2.63. The van der Waals surface area contributed by atoms with E-state index in [1.54, 1.807) is 17.8 Å². The Bertz CT molecular complexity index is 460. The van der Waals surface area contributed by atoms with E-state index in [1.807, 2.05) is 6.07 Å². The van der Waals surface area contributed by atoms with Gasteiger partial charge in [-0.15, -0.1) is 0 Å². The van der Waals surface area contributed by atoms with Crippen LogP contribution in [-0.4, -0.2) is 17.5 Å². The maximum absolute atomic E-state index is 13.3. The molecule has 0 fully saturated rings. The number of thioether (sulfide) groups is 1. The highest BCUT2D eigenvalue weighted by Crippen LogP contribution is 2.29. The van der Waals surface area contributed by atoms with Crippen LogP contribution in [-0.2, 0) is 0 Å². The Morgan fingerprint density at radius 2 is 2.24 bits per heavy atom. The quantitative estimate of drug-likeness (QED) is 0.842. The van der Waals surface area contributed by atoms with Gasteiger partial charge in [0, 0.05) is 18.0 Å². The Labute approximate surface area is 113 Å². The van der Waals surface area contributed by atoms with Gasteiger partial charge in [0.2, 0.25) is 0 Å². The van der Waals surface area contributed by atoms with Crippen LogP contribution in [0.2, 0.25) is 0 Å². The summed E-state index contributed by atoms with van der Waals surface area (Å²) in [5.74, 6) is 0.759. The number of hydrogen-bond donors (Lipinski definition) is 1. The molecule has 5 heteroatoms. The van der Waals surface area contributed by atoms with Crippen LogP contribution in [0.5, 0.6) is 0 Å². The van der Waals surface area contributed by atoms with E-state index in [4.69, 9.17) is 0 Å². The van der Waals surface area contributed by atoms with E-state index in [0.717, 1.165) is 23.2 Å². The molecule has 0 radical (unpaired) electrons. The van der Waals surface area contributed by atoms with Gasteiger partial charge in [-0.2, -0.15) is 0 Å². The van der Waals surface area contributed by atoms with Crippen LogP contribution in [0.25, 0.3) is 0 Å². The van der Waals surface area contributed by atoms with Crippen molar-refractivity contribution in [1.29, 1.82) is 0 Å². The largest absolute Gasteiger partial charge is 0.335 e. The van der Waals surface area contributed by atoms with Crippen molar-refractivity contribution < 1.29 is 4.39 Å². The van der Waals surface area contributed by atoms with Crippen LogP contribution in [0.15, 0.2) is 27.7 Å². The number of rotatable bonds is 1. The summed E-state index contributed by atoms with van der Waals surface area (Å²) in [4.78, 5) is 4.46. The number of hydrogen-bond acceptors (Lipinski definition) is 3. The number of halogens is 2. The second kappa shape index (κ2) is 4.98. The molecule has 1 aliphatic rings. The first kappa shape index (κ1) is 12.9. The summed E-state index contributed by atoms with van der Waals surface area (Å²) in [6, 6.07) is 4.98. The molecule has 0 atom stereocenters. The summed E-state index contributed by atoms with van der Waals surface area (Å²) in [7, 11) is 0. The molecule has 1 aliphatic heterocycles. The molecule has 0 saturated heterocycles. The van der Waals surface area contributed by atoms with E-state index in [0.29, 0.717) is 4.47 Å². The molecule has 1 N–H and O–H groups in total. The molecule has 0 bridgehead atoms. The second-order valence-electron chi connectivity index (χ2n) is 4.83. The van der Waals surface area contributed by atoms with Gasteiger partial charge in [-0.3, -0.25) is 4.99 Å². The molecule has 0 unspecified atom stereocenters. The van der Waals surface area contributed by atoms with Gasteiger partial charge in [0.1, 0.15) is 5.82 Å². The molecular formula is C12H14BrFN2S. The van der Waals surface area contributed by atoms with Crippen LogP contribution in [0.4, 0.5) is 10.1 Å². The molecule has 0 amide bonds. The Kier molecular flexibility index (Phi) is 3.78. The zero-order valence-electron chi connectivity index (χ0n) is 9.76. The summed E-state index contributed by atoms with van der Waals surface area (Å²) in [6.45, 7) is 5.19. The molecule has 1 aromatic carbocycles. The number of anilines is 1. The van der Waals surface area contributed by atoms with Gasteiger partial charge in [0.25, 0.3) is 0 Å². The van der Waals surface area contributed by atoms with Gasteiger partial charge in [0.05, 0.1) is 4.47 Å². The Morgan fingerprint density at radius 3 is 2.82 bits per heavy atom. The van der Waals surface area contributed by atoms with E-state index in [9.17, 15) is 4.39 Å². The van der Waals surface area contributed by atoms with E-state index < -0.39 is 0 Å². The van der Waals surface area contributed by atoms with Crippen LogP contribution < -0.4 is 5.32 Å². The number of nitrogens with one attached hydrogen (secondary N) is 1. The van der Waals surface area contributed by atoms with Gasteiger partial charge in [-0.05, 0) is 39.5 Å². The first-order valence-electron chi connectivity index (χ1n) is 5.36. The predicted octanol–water partition coefficient (Wildman–Crippen LogP) is 4.13. The number of nitrogens with zero attached hydrogens (tertiary/aromatic N) is 1. The lowest BCUT2D eigenvalue weighted by molar-refractivity contribution is 0.438. The van der Waals surface area contributed by atoms with Crippen LogP contribution in [0.3, 0.4) is 0 Å². The average molecular weight is 317 g/mol. The van der Waals surface area contributed by atoms with Crippen molar-refractivity contribution in [2.75, 3.05) is 17.6 Å². The third-order valence-corrected chi connectivity index (χ3v) is 4.49. The van der Waals surface area contributed by atoms with Crippen molar-refractivity contribution in [2.24, 2.45) is 10.4 Å². The highest BCUT2D eigenvalue weighted by atomic mass is 79.9. The van der Waals surface area contributed by atoms with Crippen molar-refractivity contribution in [2.45, 2.75) is 13.8 Å². The zero-order valence-corrected chi connectivity index (χ0v) is 12.2. The molecule has 0 aliphatic carbocycles. The predicted molar refractivity (Wildman–Crippen MR) is 76.3 cm³/mol. The average Bonchev–Trinajstić information content (AvgIpc) is 2.27. The van der Waals surface area contributed by atoms with Crippen molar-refractivity contribution in [3.05, 3.63) is 28.5 Å².